The third-order valence-corrected chi connectivity index (χ3v) is 6.13. The number of benzene rings is 2. The lowest BCUT2D eigenvalue weighted by atomic mass is 10.0. The van der Waals surface area contributed by atoms with E-state index in [1.54, 1.807) is 30.9 Å². The fraction of sp³-hybridized carbons (Fsp3) is 0.480. The molecule has 0 aliphatic carbocycles. The van der Waals surface area contributed by atoms with E-state index in [2.05, 4.69) is 5.32 Å². The van der Waals surface area contributed by atoms with Crippen LogP contribution in [0.3, 0.4) is 0 Å². The van der Waals surface area contributed by atoms with E-state index < -0.39 is 15.9 Å². The fourth-order valence-corrected chi connectivity index (χ4v) is 4.57. The van der Waals surface area contributed by atoms with Crippen LogP contribution in [0.1, 0.15) is 42.6 Å². The second-order valence-electron chi connectivity index (χ2n) is 8.37. The van der Waals surface area contributed by atoms with Gasteiger partial charge in [0.05, 0.1) is 26.6 Å². The molecule has 0 atom stereocenters. The highest BCUT2D eigenvalue weighted by molar-refractivity contribution is 7.86. The summed E-state index contributed by atoms with van der Waals surface area (Å²) in [7, 11) is -2.39. The summed E-state index contributed by atoms with van der Waals surface area (Å²) in [4.78, 5) is 15.5. The van der Waals surface area contributed by atoms with Gasteiger partial charge in [0.1, 0.15) is 11.5 Å². The Morgan fingerprint density at radius 1 is 1.03 bits per heavy atom. The van der Waals surface area contributed by atoms with Crippen molar-refractivity contribution in [2.75, 3.05) is 39.7 Å². The zero-order valence-corrected chi connectivity index (χ0v) is 21.8. The molecule has 1 saturated heterocycles. The first-order valence-corrected chi connectivity index (χ1v) is 13.6. The summed E-state index contributed by atoms with van der Waals surface area (Å²) >= 11 is 0. The van der Waals surface area contributed by atoms with Gasteiger partial charge in [-0.05, 0) is 69.6 Å². The van der Waals surface area contributed by atoms with E-state index >= 15 is 0 Å². The molecule has 1 N–H and O–H groups in total. The van der Waals surface area contributed by atoms with Gasteiger partial charge in [-0.3, -0.25) is 4.79 Å². The van der Waals surface area contributed by atoms with Crippen LogP contribution in [-0.2, 0) is 16.7 Å². The van der Waals surface area contributed by atoms with Crippen LogP contribution >= 0.6 is 0 Å². The summed E-state index contributed by atoms with van der Waals surface area (Å²) in [5, 5.41) is 3.29. The number of ether oxygens (including phenoxy) is 3. The minimum absolute atomic E-state index is 0.0236. The lowest BCUT2D eigenvalue weighted by Crippen LogP contribution is -2.45. The molecule has 0 spiro atoms. The van der Waals surface area contributed by atoms with Crippen molar-refractivity contribution < 1.29 is 36.0 Å². The molecule has 1 aliphatic heterocycles. The van der Waals surface area contributed by atoms with Gasteiger partial charge in [-0.2, -0.15) is 12.8 Å². The number of hydrogen-bond acceptors (Lipinski definition) is 8. The highest BCUT2D eigenvalue weighted by Crippen LogP contribution is 2.32. The number of piperidine rings is 1. The maximum atomic E-state index is 14.8. The monoisotopic (exact) mass is 524 g/mol. The van der Waals surface area contributed by atoms with E-state index in [0.717, 1.165) is 32.2 Å². The number of amides is 1. The van der Waals surface area contributed by atoms with Crippen LogP contribution < -0.4 is 23.7 Å². The zero-order valence-electron chi connectivity index (χ0n) is 21.0. The normalized spacial score (nSPS) is 14.2. The van der Waals surface area contributed by atoms with E-state index in [9.17, 15) is 17.6 Å². The zero-order chi connectivity index (χ0) is 26.3. The van der Waals surface area contributed by atoms with Gasteiger partial charge in [-0.25, -0.2) is 0 Å². The van der Waals surface area contributed by atoms with Crippen LogP contribution in [-0.4, -0.2) is 64.9 Å². The molecule has 1 aliphatic rings. The summed E-state index contributed by atoms with van der Waals surface area (Å²) in [6.07, 6.45) is 2.37. The van der Waals surface area contributed by atoms with Gasteiger partial charge in [-0.15, -0.1) is 0 Å². The third-order valence-electron chi connectivity index (χ3n) is 5.64. The number of carbonyl (C=O) groups excluding carboxylic acids is 1. The average molecular weight is 525 g/mol. The molecule has 2 aromatic carbocycles. The van der Waals surface area contributed by atoms with Crippen molar-refractivity contribution in [1.82, 2.24) is 10.2 Å². The summed E-state index contributed by atoms with van der Waals surface area (Å²) in [6.45, 7) is 5.72. The maximum Gasteiger partial charge on any atom is 0.306 e. The van der Waals surface area contributed by atoms with Gasteiger partial charge < -0.3 is 28.6 Å². The third kappa shape index (κ3) is 7.23. The molecular weight excluding hydrogens is 491 g/mol. The van der Waals surface area contributed by atoms with Gasteiger partial charge in [-0.1, -0.05) is 0 Å². The van der Waals surface area contributed by atoms with E-state index in [4.69, 9.17) is 18.4 Å². The highest BCUT2D eigenvalue weighted by Gasteiger charge is 2.28. The fourth-order valence-electron chi connectivity index (χ4n) is 4.12. The van der Waals surface area contributed by atoms with E-state index in [1.807, 2.05) is 0 Å². The Bertz CT molecular complexity index is 1140. The van der Waals surface area contributed by atoms with Crippen LogP contribution in [0.2, 0.25) is 0 Å². The van der Waals surface area contributed by atoms with E-state index in [0.29, 0.717) is 5.56 Å². The number of carbonyl (C=O) groups is 1. The molecule has 198 valence electrons. The van der Waals surface area contributed by atoms with Crippen molar-refractivity contribution in [3.63, 3.8) is 0 Å². The molecule has 0 unspecified atom stereocenters. The molecular formula is C25H33FN2O7S. The lowest BCUT2D eigenvalue weighted by Gasteiger charge is -2.35. The summed E-state index contributed by atoms with van der Waals surface area (Å²) < 4.78 is 59.4. The number of nitrogens with one attached hydrogen (secondary N) is 1. The van der Waals surface area contributed by atoms with Gasteiger partial charge >= 0.3 is 10.1 Å². The smallest absolute Gasteiger partial charge is 0.306 e. The molecule has 1 heterocycles. The summed E-state index contributed by atoms with van der Waals surface area (Å²) in [6, 6.07) is 7.37. The van der Waals surface area contributed by atoms with Crippen LogP contribution in [0.4, 0.5) is 4.39 Å². The topological polar surface area (TPSA) is 103 Å². The first-order chi connectivity index (χ1) is 17.1. The van der Waals surface area contributed by atoms with Crippen molar-refractivity contribution in [1.29, 1.82) is 0 Å². The maximum absolute atomic E-state index is 14.8. The molecule has 36 heavy (non-hydrogen) atoms. The highest BCUT2D eigenvalue weighted by atomic mass is 32.2. The standard InChI is InChI=1S/C25H33FN2O7S/c1-5-33-22-11-17(12-23(24(22)26)34-6-2)16-28(19-7-9-27-10-8-19)25(29)18-13-20(32-3)15-21(14-18)35-36(4,30)31/h11-15,19,27H,5-10,16H2,1-4H3. The number of hydrogen-bond donors (Lipinski definition) is 1. The lowest BCUT2D eigenvalue weighted by molar-refractivity contribution is 0.0622. The number of nitrogens with zero attached hydrogens (tertiary/aromatic N) is 1. The second kappa shape index (κ2) is 12.3. The van der Waals surface area contributed by atoms with Gasteiger partial charge in [0.25, 0.3) is 5.91 Å². The largest absolute Gasteiger partial charge is 0.497 e. The Hall–Kier alpha value is -3.05. The predicted octanol–water partition coefficient (Wildman–Crippen LogP) is 3.36. The van der Waals surface area contributed by atoms with Crippen molar-refractivity contribution in [2.45, 2.75) is 39.3 Å². The molecule has 0 radical (unpaired) electrons. The molecule has 0 bridgehead atoms. The Morgan fingerprint density at radius 3 is 2.14 bits per heavy atom. The molecule has 3 rings (SSSR count). The van der Waals surface area contributed by atoms with Crippen LogP contribution in [0.15, 0.2) is 30.3 Å². The Balaban J connectivity index is 2.02. The van der Waals surface area contributed by atoms with Gasteiger partial charge in [0.15, 0.2) is 11.5 Å². The molecule has 1 fully saturated rings. The minimum atomic E-state index is -3.81. The molecule has 0 aromatic heterocycles. The van der Waals surface area contributed by atoms with Crippen molar-refractivity contribution in [3.8, 4) is 23.0 Å². The number of methoxy groups -OCH3 is 1. The Kier molecular flexibility index (Phi) is 9.38. The van der Waals surface area contributed by atoms with Gasteiger partial charge in [0.2, 0.25) is 5.82 Å². The van der Waals surface area contributed by atoms with Crippen LogP contribution in [0.5, 0.6) is 23.0 Å². The molecule has 0 saturated carbocycles. The van der Waals surface area contributed by atoms with Crippen molar-refractivity contribution in [2.24, 2.45) is 0 Å². The van der Waals surface area contributed by atoms with Gasteiger partial charge in [0, 0.05) is 24.2 Å². The van der Waals surface area contributed by atoms with E-state index in [1.165, 1.54) is 25.3 Å². The minimum Gasteiger partial charge on any atom is -0.497 e. The van der Waals surface area contributed by atoms with E-state index in [-0.39, 0.29) is 60.3 Å². The first kappa shape index (κ1) is 27.5. The predicted molar refractivity (Wildman–Crippen MR) is 133 cm³/mol. The number of halogens is 1. The Morgan fingerprint density at radius 2 is 1.61 bits per heavy atom. The molecule has 11 heteroatoms. The molecule has 2 aromatic rings. The SMILES string of the molecule is CCOc1cc(CN(C(=O)c2cc(OC)cc(OS(C)(=O)=O)c2)C2CCNCC2)cc(OCC)c1F. The quantitative estimate of drug-likeness (QED) is 0.447. The summed E-state index contributed by atoms with van der Waals surface area (Å²) in [5.41, 5.74) is 0.856. The second-order valence-corrected chi connectivity index (χ2v) is 9.95. The summed E-state index contributed by atoms with van der Waals surface area (Å²) in [5.74, 6) is -0.548. The molecule has 1 amide bonds. The molecule has 9 nitrogen and oxygen atoms in total. The van der Waals surface area contributed by atoms with Crippen molar-refractivity contribution >= 4 is 16.0 Å². The van der Waals surface area contributed by atoms with Crippen LogP contribution in [0, 0.1) is 5.82 Å². The first-order valence-electron chi connectivity index (χ1n) is 11.8. The number of rotatable bonds is 11. The van der Waals surface area contributed by atoms with Crippen LogP contribution in [0.25, 0.3) is 0 Å². The Labute approximate surface area is 211 Å². The van der Waals surface area contributed by atoms with Crippen molar-refractivity contribution in [3.05, 3.63) is 47.3 Å². The average Bonchev–Trinajstić information content (AvgIpc) is 2.84.